The van der Waals surface area contributed by atoms with Crippen molar-refractivity contribution in [3.8, 4) is 17.2 Å². The summed E-state index contributed by atoms with van der Waals surface area (Å²) in [6, 6.07) is 26.8. The van der Waals surface area contributed by atoms with Gasteiger partial charge in [-0.1, -0.05) is 49.7 Å². The van der Waals surface area contributed by atoms with Crippen LogP contribution in [0, 0.1) is 0 Å². The molecule has 0 aliphatic rings. The molecule has 4 aromatic carbocycles. The molecule has 1 N–H and O–H groups in total. The van der Waals surface area contributed by atoms with E-state index in [2.05, 4.69) is 18.3 Å². The van der Waals surface area contributed by atoms with Crippen LogP contribution in [0.2, 0.25) is 0 Å². The number of oxazole rings is 1. The summed E-state index contributed by atoms with van der Waals surface area (Å²) >= 11 is 0. The number of ether oxygens (including phenoxy) is 1. The van der Waals surface area contributed by atoms with Crippen LogP contribution < -0.4 is 10.1 Å². The first-order valence-corrected chi connectivity index (χ1v) is 11.1. The molecule has 0 radical (unpaired) electrons. The topological polar surface area (TPSA) is 64.4 Å². The van der Waals surface area contributed by atoms with Gasteiger partial charge in [-0.2, -0.15) is 0 Å². The first-order valence-electron chi connectivity index (χ1n) is 11.1. The monoisotopic (exact) mass is 436 g/mol. The van der Waals surface area contributed by atoms with Gasteiger partial charge in [-0.05, 0) is 60.3 Å². The van der Waals surface area contributed by atoms with Gasteiger partial charge in [-0.25, -0.2) is 4.98 Å². The molecule has 0 unspecified atom stereocenters. The highest BCUT2D eigenvalue weighted by Gasteiger charge is 2.12. The first-order chi connectivity index (χ1) is 16.2. The minimum atomic E-state index is -0.183. The molecule has 0 aliphatic carbocycles. The Bertz CT molecular complexity index is 1420. The molecule has 0 aliphatic heterocycles. The van der Waals surface area contributed by atoms with Crippen LogP contribution in [-0.4, -0.2) is 17.5 Å². The Balaban J connectivity index is 1.32. The number of hydrogen-bond donors (Lipinski definition) is 1. The third-order valence-electron chi connectivity index (χ3n) is 5.54. The van der Waals surface area contributed by atoms with E-state index in [4.69, 9.17) is 14.1 Å². The zero-order valence-electron chi connectivity index (χ0n) is 18.4. The van der Waals surface area contributed by atoms with Gasteiger partial charge < -0.3 is 14.5 Å². The molecule has 5 rings (SSSR count). The molecule has 5 heteroatoms. The van der Waals surface area contributed by atoms with E-state index in [0.29, 0.717) is 29.5 Å². The average Bonchev–Trinajstić information content (AvgIpc) is 3.30. The van der Waals surface area contributed by atoms with Crippen LogP contribution in [0.15, 0.2) is 89.3 Å². The van der Waals surface area contributed by atoms with Crippen LogP contribution in [0.4, 0.5) is 5.69 Å². The highest BCUT2D eigenvalue weighted by molar-refractivity contribution is 6.05. The number of hydrogen-bond acceptors (Lipinski definition) is 4. The number of nitrogens with zero attached hydrogens (tertiary/aromatic N) is 1. The van der Waals surface area contributed by atoms with E-state index in [1.807, 2.05) is 66.7 Å². The van der Waals surface area contributed by atoms with E-state index in [-0.39, 0.29) is 5.91 Å². The maximum Gasteiger partial charge on any atom is 0.255 e. The molecule has 0 saturated heterocycles. The Morgan fingerprint density at radius 1 is 0.970 bits per heavy atom. The Morgan fingerprint density at radius 2 is 1.82 bits per heavy atom. The normalized spacial score (nSPS) is 11.1. The molecular weight excluding hydrogens is 412 g/mol. The standard InChI is InChI=1S/C28H24N2O3/c1-2-3-17-32-23-9-6-8-21(18-23)27(31)29-22-14-11-20(12-15-22)28-30-26-24-10-5-4-7-19(24)13-16-25(26)33-28/h4-16,18H,2-3,17H2,1H3,(H,29,31). The van der Waals surface area contributed by atoms with E-state index >= 15 is 0 Å². The summed E-state index contributed by atoms with van der Waals surface area (Å²) in [5.74, 6) is 1.07. The predicted octanol–water partition coefficient (Wildman–Crippen LogP) is 7.08. The number of unbranched alkanes of at least 4 members (excludes halogenated alkanes) is 1. The molecule has 5 aromatic rings. The zero-order valence-corrected chi connectivity index (χ0v) is 18.4. The number of benzene rings is 4. The molecule has 0 saturated carbocycles. The van der Waals surface area contributed by atoms with Crippen molar-refractivity contribution in [3.63, 3.8) is 0 Å². The van der Waals surface area contributed by atoms with Gasteiger partial charge in [0, 0.05) is 22.2 Å². The summed E-state index contributed by atoms with van der Waals surface area (Å²) < 4.78 is 11.7. The predicted molar refractivity (Wildman–Crippen MR) is 132 cm³/mol. The number of nitrogens with one attached hydrogen (secondary N) is 1. The second-order valence-corrected chi connectivity index (χ2v) is 7.91. The molecule has 1 aromatic heterocycles. The Hall–Kier alpha value is -4.12. The van der Waals surface area contributed by atoms with Crippen LogP contribution in [-0.2, 0) is 0 Å². The van der Waals surface area contributed by atoms with E-state index in [0.717, 1.165) is 40.3 Å². The van der Waals surface area contributed by atoms with Crippen LogP contribution in [0.25, 0.3) is 33.3 Å². The number of rotatable bonds is 7. The lowest BCUT2D eigenvalue weighted by Crippen LogP contribution is -2.12. The van der Waals surface area contributed by atoms with Crippen molar-refractivity contribution in [3.05, 3.63) is 90.5 Å². The van der Waals surface area contributed by atoms with Crippen molar-refractivity contribution < 1.29 is 13.9 Å². The van der Waals surface area contributed by atoms with Crippen molar-refractivity contribution in [2.75, 3.05) is 11.9 Å². The van der Waals surface area contributed by atoms with E-state index in [9.17, 15) is 4.79 Å². The number of carbonyl (C=O) groups is 1. The largest absolute Gasteiger partial charge is 0.494 e. The van der Waals surface area contributed by atoms with Gasteiger partial charge in [0.15, 0.2) is 5.58 Å². The van der Waals surface area contributed by atoms with Crippen LogP contribution >= 0.6 is 0 Å². The van der Waals surface area contributed by atoms with Crippen LogP contribution in [0.1, 0.15) is 30.1 Å². The van der Waals surface area contributed by atoms with E-state index in [1.165, 1.54) is 0 Å². The summed E-state index contributed by atoms with van der Waals surface area (Å²) in [7, 11) is 0. The summed E-state index contributed by atoms with van der Waals surface area (Å²) in [5.41, 5.74) is 3.70. The SMILES string of the molecule is CCCCOc1cccc(C(=O)Nc2ccc(-c3nc4c(ccc5ccccc54)o3)cc2)c1. The molecule has 164 valence electrons. The smallest absolute Gasteiger partial charge is 0.255 e. The van der Waals surface area contributed by atoms with Gasteiger partial charge in [0.25, 0.3) is 5.91 Å². The van der Waals surface area contributed by atoms with Crippen molar-refractivity contribution >= 4 is 33.5 Å². The second kappa shape index (κ2) is 9.17. The molecule has 33 heavy (non-hydrogen) atoms. The molecular formula is C28H24N2O3. The maximum atomic E-state index is 12.7. The summed E-state index contributed by atoms with van der Waals surface area (Å²) in [5, 5.41) is 5.13. The number of amides is 1. The lowest BCUT2D eigenvalue weighted by molar-refractivity contribution is 0.102. The van der Waals surface area contributed by atoms with E-state index < -0.39 is 0 Å². The second-order valence-electron chi connectivity index (χ2n) is 7.91. The van der Waals surface area contributed by atoms with Gasteiger partial charge in [-0.3, -0.25) is 4.79 Å². The molecule has 0 bridgehead atoms. The fourth-order valence-electron chi connectivity index (χ4n) is 3.75. The molecule has 5 nitrogen and oxygen atoms in total. The quantitative estimate of drug-likeness (QED) is 0.277. The minimum Gasteiger partial charge on any atom is -0.494 e. The lowest BCUT2D eigenvalue weighted by Gasteiger charge is -2.09. The molecule has 1 amide bonds. The highest BCUT2D eigenvalue weighted by Crippen LogP contribution is 2.30. The fraction of sp³-hybridized carbons (Fsp3) is 0.143. The van der Waals surface area contributed by atoms with Crippen LogP contribution in [0.3, 0.4) is 0 Å². The first kappa shape index (κ1) is 20.8. The number of carbonyl (C=O) groups excluding carboxylic acids is 1. The molecule has 0 atom stereocenters. The maximum absolute atomic E-state index is 12.7. The fourth-order valence-corrected chi connectivity index (χ4v) is 3.75. The van der Waals surface area contributed by atoms with Gasteiger partial charge in [0.1, 0.15) is 11.3 Å². The van der Waals surface area contributed by atoms with Crippen molar-refractivity contribution in [2.45, 2.75) is 19.8 Å². The van der Waals surface area contributed by atoms with Gasteiger partial charge in [0.05, 0.1) is 6.61 Å². The van der Waals surface area contributed by atoms with Crippen LogP contribution in [0.5, 0.6) is 5.75 Å². The van der Waals surface area contributed by atoms with Gasteiger partial charge >= 0.3 is 0 Å². The average molecular weight is 437 g/mol. The third kappa shape index (κ3) is 4.44. The van der Waals surface area contributed by atoms with Crippen molar-refractivity contribution in [1.82, 2.24) is 4.98 Å². The number of aromatic nitrogens is 1. The minimum absolute atomic E-state index is 0.183. The third-order valence-corrected chi connectivity index (χ3v) is 5.54. The zero-order chi connectivity index (χ0) is 22.6. The van der Waals surface area contributed by atoms with Crippen molar-refractivity contribution in [2.24, 2.45) is 0 Å². The Labute approximate surface area is 192 Å². The summed E-state index contributed by atoms with van der Waals surface area (Å²) in [6.45, 7) is 2.76. The molecule has 1 heterocycles. The summed E-state index contributed by atoms with van der Waals surface area (Å²) in [4.78, 5) is 17.4. The molecule has 0 fully saturated rings. The number of fused-ring (bicyclic) bond motifs is 3. The van der Waals surface area contributed by atoms with Gasteiger partial charge in [-0.15, -0.1) is 0 Å². The Kier molecular flexibility index (Phi) is 5.77. The lowest BCUT2D eigenvalue weighted by atomic mass is 10.1. The summed E-state index contributed by atoms with van der Waals surface area (Å²) in [6.07, 6.45) is 2.05. The Morgan fingerprint density at radius 3 is 2.67 bits per heavy atom. The van der Waals surface area contributed by atoms with Gasteiger partial charge in [0.2, 0.25) is 5.89 Å². The van der Waals surface area contributed by atoms with Crippen molar-refractivity contribution in [1.29, 1.82) is 0 Å². The van der Waals surface area contributed by atoms with E-state index in [1.54, 1.807) is 12.1 Å². The molecule has 0 spiro atoms. The highest BCUT2D eigenvalue weighted by atomic mass is 16.5. The number of anilines is 1.